The van der Waals surface area contributed by atoms with E-state index in [1.165, 1.54) is 0 Å². The van der Waals surface area contributed by atoms with Crippen molar-refractivity contribution >= 4 is 29.1 Å². The topological polar surface area (TPSA) is 42.4 Å². The smallest absolute Gasteiger partial charge is 0.228 e. The monoisotopic (exact) mass is 286 g/mol. The summed E-state index contributed by atoms with van der Waals surface area (Å²) in [6.45, 7) is 2.28. The number of carbonyl (C=O) groups excluding carboxylic acids is 1. The van der Waals surface area contributed by atoms with Crippen molar-refractivity contribution in [3.05, 3.63) is 27.5 Å². The minimum Gasteiger partial charge on any atom is -0.381 e. The van der Waals surface area contributed by atoms with Crippen LogP contribution in [0.1, 0.15) is 17.5 Å². The Morgan fingerprint density at radius 3 is 3.00 bits per heavy atom. The standard InChI is InChI=1S/C12H12Cl2N2O2/c13-10-3-8-4-16(5-9(8)11(14)15-10)12(17)7-1-2-18-6-7/h3,7H,1-2,4-6H2. The van der Waals surface area contributed by atoms with Gasteiger partial charge in [-0.05, 0) is 18.1 Å². The molecule has 1 aromatic heterocycles. The SMILES string of the molecule is O=C(C1CCOC1)N1Cc2cc(Cl)nc(Cl)c2C1. The van der Waals surface area contributed by atoms with Gasteiger partial charge in [-0.2, -0.15) is 0 Å². The number of amides is 1. The van der Waals surface area contributed by atoms with E-state index in [0.717, 1.165) is 17.5 Å². The molecule has 1 saturated heterocycles. The quantitative estimate of drug-likeness (QED) is 0.744. The lowest BCUT2D eigenvalue weighted by molar-refractivity contribution is -0.136. The molecule has 96 valence electrons. The fourth-order valence-corrected chi connectivity index (χ4v) is 2.99. The van der Waals surface area contributed by atoms with Crippen LogP contribution in [0.3, 0.4) is 0 Å². The first-order valence-electron chi connectivity index (χ1n) is 5.85. The molecule has 0 N–H and O–H groups in total. The van der Waals surface area contributed by atoms with Gasteiger partial charge < -0.3 is 9.64 Å². The highest BCUT2D eigenvalue weighted by Crippen LogP contribution is 2.31. The van der Waals surface area contributed by atoms with E-state index in [-0.39, 0.29) is 11.8 Å². The molecule has 18 heavy (non-hydrogen) atoms. The van der Waals surface area contributed by atoms with Crippen LogP contribution in [-0.2, 0) is 22.6 Å². The van der Waals surface area contributed by atoms with Crippen LogP contribution in [0.15, 0.2) is 6.07 Å². The van der Waals surface area contributed by atoms with Crippen molar-refractivity contribution in [2.45, 2.75) is 19.5 Å². The molecular weight excluding hydrogens is 275 g/mol. The molecule has 2 aliphatic rings. The summed E-state index contributed by atoms with van der Waals surface area (Å²) in [6, 6.07) is 1.78. The molecule has 4 nitrogen and oxygen atoms in total. The van der Waals surface area contributed by atoms with E-state index >= 15 is 0 Å². The van der Waals surface area contributed by atoms with Crippen LogP contribution in [0.2, 0.25) is 10.3 Å². The Morgan fingerprint density at radius 2 is 2.28 bits per heavy atom. The zero-order valence-electron chi connectivity index (χ0n) is 9.66. The molecule has 3 heterocycles. The van der Waals surface area contributed by atoms with Crippen LogP contribution in [0.25, 0.3) is 0 Å². The summed E-state index contributed by atoms with van der Waals surface area (Å²) in [5, 5.41) is 0.771. The van der Waals surface area contributed by atoms with Crippen molar-refractivity contribution in [3.63, 3.8) is 0 Å². The van der Waals surface area contributed by atoms with Crippen molar-refractivity contribution < 1.29 is 9.53 Å². The lowest BCUT2D eigenvalue weighted by Gasteiger charge is -2.18. The van der Waals surface area contributed by atoms with Crippen molar-refractivity contribution in [2.24, 2.45) is 5.92 Å². The van der Waals surface area contributed by atoms with Gasteiger partial charge >= 0.3 is 0 Å². The maximum atomic E-state index is 12.3. The molecule has 2 aliphatic heterocycles. The van der Waals surface area contributed by atoms with Crippen LogP contribution < -0.4 is 0 Å². The molecule has 0 aromatic carbocycles. The predicted molar refractivity (Wildman–Crippen MR) is 67.4 cm³/mol. The summed E-state index contributed by atoms with van der Waals surface area (Å²) in [7, 11) is 0. The van der Waals surface area contributed by atoms with Gasteiger partial charge in [0, 0.05) is 25.3 Å². The van der Waals surface area contributed by atoms with Crippen molar-refractivity contribution in [1.29, 1.82) is 0 Å². The number of aromatic nitrogens is 1. The highest BCUT2D eigenvalue weighted by atomic mass is 35.5. The number of hydrogen-bond donors (Lipinski definition) is 0. The average Bonchev–Trinajstić information content (AvgIpc) is 2.96. The third-order valence-electron chi connectivity index (χ3n) is 3.44. The number of fused-ring (bicyclic) bond motifs is 1. The van der Waals surface area contributed by atoms with Crippen molar-refractivity contribution in [2.75, 3.05) is 13.2 Å². The summed E-state index contributed by atoms with van der Waals surface area (Å²) in [5.74, 6) is 0.123. The van der Waals surface area contributed by atoms with Gasteiger partial charge in [0.25, 0.3) is 0 Å². The molecular formula is C12H12Cl2N2O2. The number of nitrogens with zero attached hydrogens (tertiary/aromatic N) is 2. The Hall–Kier alpha value is -0.840. The van der Waals surface area contributed by atoms with Crippen LogP contribution in [0.4, 0.5) is 0 Å². The summed E-state index contributed by atoms with van der Waals surface area (Å²) in [5.41, 5.74) is 1.90. The number of rotatable bonds is 1. The first-order valence-corrected chi connectivity index (χ1v) is 6.61. The van der Waals surface area contributed by atoms with Gasteiger partial charge in [-0.15, -0.1) is 0 Å². The van der Waals surface area contributed by atoms with Crippen LogP contribution >= 0.6 is 23.2 Å². The molecule has 1 aromatic rings. The Bertz CT molecular complexity index is 501. The summed E-state index contributed by atoms with van der Waals surface area (Å²) < 4.78 is 5.25. The maximum Gasteiger partial charge on any atom is 0.228 e. The number of carbonyl (C=O) groups is 1. The van der Waals surface area contributed by atoms with Crippen LogP contribution in [0.5, 0.6) is 0 Å². The number of halogens is 2. The molecule has 1 unspecified atom stereocenters. The fourth-order valence-electron chi connectivity index (χ4n) is 2.46. The molecule has 1 fully saturated rings. The normalized spacial score (nSPS) is 22.3. The van der Waals surface area contributed by atoms with E-state index < -0.39 is 0 Å². The van der Waals surface area contributed by atoms with Gasteiger partial charge in [0.1, 0.15) is 10.3 Å². The van der Waals surface area contributed by atoms with Crippen LogP contribution in [-0.4, -0.2) is 29.0 Å². The average molecular weight is 287 g/mol. The molecule has 6 heteroatoms. The highest BCUT2D eigenvalue weighted by molar-refractivity contribution is 6.33. The number of ether oxygens (including phenoxy) is 1. The van der Waals surface area contributed by atoms with Gasteiger partial charge in [0.15, 0.2) is 0 Å². The third kappa shape index (κ3) is 2.09. The Labute approximate surface area is 115 Å². The van der Waals surface area contributed by atoms with Gasteiger partial charge in [-0.3, -0.25) is 4.79 Å². The zero-order valence-corrected chi connectivity index (χ0v) is 11.2. The van der Waals surface area contributed by atoms with Gasteiger partial charge in [-0.1, -0.05) is 23.2 Å². The lowest BCUT2D eigenvalue weighted by Crippen LogP contribution is -2.32. The van der Waals surface area contributed by atoms with Gasteiger partial charge in [0.05, 0.1) is 12.5 Å². The minimum atomic E-state index is -0.0125. The zero-order chi connectivity index (χ0) is 12.7. The second-order valence-electron chi connectivity index (χ2n) is 4.63. The molecule has 0 saturated carbocycles. The van der Waals surface area contributed by atoms with E-state index in [0.29, 0.717) is 36.6 Å². The van der Waals surface area contributed by atoms with E-state index in [4.69, 9.17) is 27.9 Å². The molecule has 0 bridgehead atoms. The Morgan fingerprint density at radius 1 is 1.44 bits per heavy atom. The Kier molecular flexibility index (Phi) is 3.18. The largest absolute Gasteiger partial charge is 0.381 e. The molecule has 0 radical (unpaired) electrons. The maximum absolute atomic E-state index is 12.3. The summed E-state index contributed by atoms with van der Waals surface area (Å²) >= 11 is 11.9. The van der Waals surface area contributed by atoms with Crippen molar-refractivity contribution in [1.82, 2.24) is 9.88 Å². The fraction of sp³-hybridized carbons (Fsp3) is 0.500. The van der Waals surface area contributed by atoms with Gasteiger partial charge in [-0.25, -0.2) is 4.98 Å². The summed E-state index contributed by atoms with van der Waals surface area (Å²) in [6.07, 6.45) is 0.804. The van der Waals surface area contributed by atoms with E-state index in [2.05, 4.69) is 4.98 Å². The minimum absolute atomic E-state index is 0.0125. The summed E-state index contributed by atoms with van der Waals surface area (Å²) in [4.78, 5) is 18.1. The molecule has 1 atom stereocenters. The van der Waals surface area contributed by atoms with E-state index in [1.54, 1.807) is 11.0 Å². The molecule has 3 rings (SSSR count). The number of hydrogen-bond acceptors (Lipinski definition) is 3. The predicted octanol–water partition coefficient (Wildman–Crippen LogP) is 2.27. The van der Waals surface area contributed by atoms with E-state index in [9.17, 15) is 4.79 Å². The third-order valence-corrected chi connectivity index (χ3v) is 3.94. The second-order valence-corrected chi connectivity index (χ2v) is 5.37. The molecule has 0 aliphatic carbocycles. The second kappa shape index (κ2) is 4.68. The lowest BCUT2D eigenvalue weighted by atomic mass is 10.1. The molecule has 1 amide bonds. The molecule has 0 spiro atoms. The first kappa shape index (κ1) is 12.2. The first-order chi connectivity index (χ1) is 8.65. The number of pyridine rings is 1. The highest BCUT2D eigenvalue weighted by Gasteiger charge is 2.32. The Balaban J connectivity index is 1.80. The van der Waals surface area contributed by atoms with Crippen molar-refractivity contribution in [3.8, 4) is 0 Å². The van der Waals surface area contributed by atoms with Gasteiger partial charge in [0.2, 0.25) is 5.91 Å². The van der Waals surface area contributed by atoms with E-state index in [1.807, 2.05) is 0 Å². The van der Waals surface area contributed by atoms with Crippen LogP contribution in [0, 0.1) is 5.92 Å².